The van der Waals surface area contributed by atoms with Gasteiger partial charge in [0.05, 0.1) is 7.11 Å². The largest absolute Gasteiger partial charge is 0.497 e. The van der Waals surface area contributed by atoms with Gasteiger partial charge in [0, 0.05) is 6.54 Å². The topological polar surface area (TPSA) is 47.6 Å². The Kier molecular flexibility index (Phi) is 6.03. The van der Waals surface area contributed by atoms with Crippen LogP contribution in [0.2, 0.25) is 0 Å². The lowest BCUT2D eigenvalue weighted by atomic mass is 10.2. The van der Waals surface area contributed by atoms with Crippen molar-refractivity contribution in [2.45, 2.75) is 32.9 Å². The van der Waals surface area contributed by atoms with Crippen LogP contribution in [0.4, 0.5) is 0 Å². The van der Waals surface area contributed by atoms with Crippen LogP contribution in [0.5, 0.6) is 11.5 Å². The van der Waals surface area contributed by atoms with Crippen LogP contribution < -0.4 is 14.8 Å². The zero-order valence-corrected chi connectivity index (χ0v) is 13.8. The molecule has 122 valence electrons. The van der Waals surface area contributed by atoms with Gasteiger partial charge in [-0.15, -0.1) is 0 Å². The third kappa shape index (κ3) is 5.02. The highest BCUT2D eigenvalue weighted by Gasteiger charge is 2.18. The van der Waals surface area contributed by atoms with Crippen LogP contribution in [-0.4, -0.2) is 19.1 Å². The second kappa shape index (κ2) is 8.22. The van der Waals surface area contributed by atoms with E-state index in [0.29, 0.717) is 18.7 Å². The molecule has 0 aliphatic rings. The molecule has 2 rings (SSSR count). The third-order valence-electron chi connectivity index (χ3n) is 3.53. The van der Waals surface area contributed by atoms with E-state index >= 15 is 0 Å². The van der Waals surface area contributed by atoms with Gasteiger partial charge in [-0.1, -0.05) is 31.2 Å². The van der Waals surface area contributed by atoms with Crippen molar-refractivity contribution >= 4 is 5.91 Å². The highest BCUT2D eigenvalue weighted by Crippen LogP contribution is 2.16. The van der Waals surface area contributed by atoms with E-state index < -0.39 is 6.10 Å². The van der Waals surface area contributed by atoms with Gasteiger partial charge in [0.2, 0.25) is 0 Å². The van der Waals surface area contributed by atoms with Crippen molar-refractivity contribution in [2.75, 3.05) is 7.11 Å². The Morgan fingerprint density at radius 2 is 1.87 bits per heavy atom. The van der Waals surface area contributed by atoms with Gasteiger partial charge in [0.15, 0.2) is 6.10 Å². The van der Waals surface area contributed by atoms with E-state index in [-0.39, 0.29) is 5.91 Å². The lowest BCUT2D eigenvalue weighted by Crippen LogP contribution is -2.37. The van der Waals surface area contributed by atoms with Crippen molar-refractivity contribution in [2.24, 2.45) is 0 Å². The fraction of sp³-hybridized carbons (Fsp3) is 0.316. The molecule has 0 spiro atoms. The summed E-state index contributed by atoms with van der Waals surface area (Å²) in [6.07, 6.45) is 0.111. The Morgan fingerprint density at radius 1 is 1.13 bits per heavy atom. The molecule has 0 aliphatic heterocycles. The predicted molar refractivity (Wildman–Crippen MR) is 90.7 cm³/mol. The number of benzene rings is 2. The number of carbonyl (C=O) groups is 1. The number of rotatable bonds is 7. The number of hydrogen-bond donors (Lipinski definition) is 1. The van der Waals surface area contributed by atoms with Crippen molar-refractivity contribution in [3.8, 4) is 11.5 Å². The van der Waals surface area contributed by atoms with E-state index in [0.717, 1.165) is 16.9 Å². The molecule has 1 N–H and O–H groups in total. The van der Waals surface area contributed by atoms with Gasteiger partial charge in [-0.2, -0.15) is 0 Å². The molecule has 0 saturated heterocycles. The predicted octanol–water partition coefficient (Wildman–Crippen LogP) is 3.48. The molecular formula is C19H23NO3. The Balaban J connectivity index is 1.94. The Bertz CT molecular complexity index is 655. The molecule has 0 saturated carbocycles. The monoisotopic (exact) mass is 313 g/mol. The van der Waals surface area contributed by atoms with Crippen molar-refractivity contribution in [3.05, 3.63) is 59.7 Å². The van der Waals surface area contributed by atoms with Crippen LogP contribution in [0.1, 0.15) is 24.5 Å². The third-order valence-corrected chi connectivity index (χ3v) is 3.53. The summed E-state index contributed by atoms with van der Waals surface area (Å²) in [6, 6.07) is 15.3. The summed E-state index contributed by atoms with van der Waals surface area (Å²) >= 11 is 0. The molecule has 2 aromatic carbocycles. The molecule has 0 radical (unpaired) electrons. The zero-order valence-electron chi connectivity index (χ0n) is 13.8. The SMILES string of the molecule is CCC(Oc1cccc(C)c1)C(=O)NCc1cccc(OC)c1. The maximum Gasteiger partial charge on any atom is 0.261 e. The van der Waals surface area contributed by atoms with E-state index in [2.05, 4.69) is 5.32 Å². The van der Waals surface area contributed by atoms with Gasteiger partial charge in [-0.05, 0) is 48.7 Å². The van der Waals surface area contributed by atoms with E-state index in [4.69, 9.17) is 9.47 Å². The molecule has 0 fully saturated rings. The molecule has 0 heterocycles. The summed E-state index contributed by atoms with van der Waals surface area (Å²) in [5.41, 5.74) is 2.09. The van der Waals surface area contributed by atoms with Crippen LogP contribution in [0.25, 0.3) is 0 Å². The highest BCUT2D eigenvalue weighted by atomic mass is 16.5. The summed E-state index contributed by atoms with van der Waals surface area (Å²) in [7, 11) is 1.63. The zero-order chi connectivity index (χ0) is 16.7. The molecule has 0 aromatic heterocycles. The van der Waals surface area contributed by atoms with E-state index in [1.165, 1.54) is 0 Å². The summed E-state index contributed by atoms with van der Waals surface area (Å²) in [5, 5.41) is 2.92. The number of methoxy groups -OCH3 is 1. The summed E-state index contributed by atoms with van der Waals surface area (Å²) in [4.78, 5) is 12.3. The Morgan fingerprint density at radius 3 is 2.57 bits per heavy atom. The second-order valence-electron chi connectivity index (χ2n) is 5.40. The maximum atomic E-state index is 12.3. The second-order valence-corrected chi connectivity index (χ2v) is 5.40. The lowest BCUT2D eigenvalue weighted by Gasteiger charge is -2.17. The van der Waals surface area contributed by atoms with Gasteiger partial charge < -0.3 is 14.8 Å². The molecule has 23 heavy (non-hydrogen) atoms. The smallest absolute Gasteiger partial charge is 0.261 e. The molecule has 4 heteroatoms. The highest BCUT2D eigenvalue weighted by molar-refractivity contribution is 5.81. The number of carbonyl (C=O) groups excluding carboxylic acids is 1. The summed E-state index contributed by atoms with van der Waals surface area (Å²) in [6.45, 7) is 4.38. The minimum atomic E-state index is -0.498. The number of aryl methyl sites for hydroxylation is 1. The van der Waals surface area contributed by atoms with Crippen LogP contribution in [0.3, 0.4) is 0 Å². The first-order chi connectivity index (χ1) is 11.1. The maximum absolute atomic E-state index is 12.3. The molecule has 2 aromatic rings. The quantitative estimate of drug-likeness (QED) is 0.851. The Labute approximate surface area is 137 Å². The van der Waals surface area contributed by atoms with Crippen molar-refractivity contribution in [3.63, 3.8) is 0 Å². The molecule has 0 aliphatic carbocycles. The molecule has 1 atom stereocenters. The van der Waals surface area contributed by atoms with Gasteiger partial charge in [0.25, 0.3) is 5.91 Å². The first-order valence-electron chi connectivity index (χ1n) is 7.76. The van der Waals surface area contributed by atoms with E-state index in [1.807, 2.05) is 62.4 Å². The minimum absolute atomic E-state index is 0.114. The van der Waals surface area contributed by atoms with Crippen molar-refractivity contribution < 1.29 is 14.3 Å². The van der Waals surface area contributed by atoms with Crippen molar-refractivity contribution in [1.82, 2.24) is 5.32 Å². The fourth-order valence-electron chi connectivity index (χ4n) is 2.26. The van der Waals surface area contributed by atoms with Crippen LogP contribution >= 0.6 is 0 Å². The summed E-state index contributed by atoms with van der Waals surface area (Å²) < 4.78 is 11.0. The average molecular weight is 313 g/mol. The van der Waals surface area contributed by atoms with Gasteiger partial charge in [0.1, 0.15) is 11.5 Å². The fourth-order valence-corrected chi connectivity index (χ4v) is 2.26. The van der Waals surface area contributed by atoms with Crippen LogP contribution in [-0.2, 0) is 11.3 Å². The van der Waals surface area contributed by atoms with Gasteiger partial charge >= 0.3 is 0 Å². The summed E-state index contributed by atoms with van der Waals surface area (Å²) in [5.74, 6) is 1.38. The molecule has 1 unspecified atom stereocenters. The standard InChI is InChI=1S/C19H23NO3/c1-4-18(23-17-10-5-7-14(2)11-17)19(21)20-13-15-8-6-9-16(12-15)22-3/h5-12,18H,4,13H2,1-3H3,(H,20,21). The normalized spacial score (nSPS) is 11.6. The lowest BCUT2D eigenvalue weighted by molar-refractivity contribution is -0.128. The average Bonchev–Trinajstić information content (AvgIpc) is 2.57. The first-order valence-corrected chi connectivity index (χ1v) is 7.76. The number of amides is 1. The molecule has 0 bridgehead atoms. The molecular weight excluding hydrogens is 290 g/mol. The van der Waals surface area contributed by atoms with E-state index in [9.17, 15) is 4.79 Å². The Hall–Kier alpha value is -2.49. The van der Waals surface area contributed by atoms with Crippen LogP contribution in [0, 0.1) is 6.92 Å². The number of ether oxygens (including phenoxy) is 2. The van der Waals surface area contributed by atoms with E-state index in [1.54, 1.807) is 7.11 Å². The van der Waals surface area contributed by atoms with Gasteiger partial charge in [-0.25, -0.2) is 0 Å². The number of hydrogen-bond acceptors (Lipinski definition) is 3. The minimum Gasteiger partial charge on any atom is -0.497 e. The van der Waals surface area contributed by atoms with Crippen molar-refractivity contribution in [1.29, 1.82) is 0 Å². The first kappa shape index (κ1) is 16.9. The number of nitrogens with one attached hydrogen (secondary N) is 1. The van der Waals surface area contributed by atoms with Crippen LogP contribution in [0.15, 0.2) is 48.5 Å². The van der Waals surface area contributed by atoms with Gasteiger partial charge in [-0.3, -0.25) is 4.79 Å². The molecule has 1 amide bonds. The molecule has 4 nitrogen and oxygen atoms in total.